The number of H-pyrrole nitrogens is 1. The second-order valence-electron chi connectivity index (χ2n) is 2.02. The summed E-state index contributed by atoms with van der Waals surface area (Å²) in [5.41, 5.74) is 7.33. The average molecular weight is 134 g/mol. The van der Waals surface area contributed by atoms with Crippen molar-refractivity contribution in [2.45, 2.75) is 0 Å². The first kappa shape index (κ1) is 5.22. The monoisotopic (exact) mass is 134 g/mol. The van der Waals surface area contributed by atoms with Crippen molar-refractivity contribution in [3.8, 4) is 11.3 Å². The van der Waals surface area contributed by atoms with Gasteiger partial charge in [0, 0.05) is 6.20 Å². The van der Waals surface area contributed by atoms with Gasteiger partial charge in [-0.15, -0.1) is 0 Å². The highest BCUT2D eigenvalue weighted by Crippen LogP contribution is 2.21. The molecule has 0 atom stereocenters. The minimum atomic E-state index is 0.520. The van der Waals surface area contributed by atoms with Crippen LogP contribution in [0.2, 0.25) is 0 Å². The van der Waals surface area contributed by atoms with Gasteiger partial charge in [0.25, 0.3) is 0 Å². The molecule has 2 rings (SSSR count). The molecule has 0 aliphatic carbocycles. The second-order valence-corrected chi connectivity index (χ2v) is 2.02. The van der Waals surface area contributed by atoms with Crippen LogP contribution in [0.25, 0.3) is 11.3 Å². The molecule has 0 saturated heterocycles. The van der Waals surface area contributed by atoms with E-state index in [2.05, 4.69) is 15.0 Å². The van der Waals surface area contributed by atoms with Gasteiger partial charge in [0.2, 0.25) is 0 Å². The van der Waals surface area contributed by atoms with Gasteiger partial charge in [-0.25, -0.2) is 4.98 Å². The van der Waals surface area contributed by atoms with Crippen molar-refractivity contribution in [1.29, 1.82) is 0 Å². The van der Waals surface area contributed by atoms with Crippen LogP contribution in [0.4, 0.5) is 5.82 Å². The lowest BCUT2D eigenvalue weighted by atomic mass is 10.2. The van der Waals surface area contributed by atoms with E-state index in [1.807, 2.05) is 0 Å². The van der Waals surface area contributed by atoms with Crippen LogP contribution in [0.5, 0.6) is 0 Å². The maximum Gasteiger partial charge on any atom is 0.136 e. The third kappa shape index (κ3) is 0.556. The zero-order valence-corrected chi connectivity index (χ0v) is 5.20. The van der Waals surface area contributed by atoms with Crippen LogP contribution in [0.1, 0.15) is 0 Å². The van der Waals surface area contributed by atoms with Gasteiger partial charge < -0.3 is 10.7 Å². The molecule has 0 aromatic heterocycles. The lowest BCUT2D eigenvalue weighted by Gasteiger charge is -1.98. The van der Waals surface area contributed by atoms with Gasteiger partial charge >= 0.3 is 0 Å². The molecule has 0 aromatic rings. The molecule has 0 saturated carbocycles. The molecular weight excluding hydrogens is 128 g/mol. The normalized spacial score (nSPS) is 10.4. The van der Waals surface area contributed by atoms with Crippen molar-refractivity contribution in [2.24, 2.45) is 0 Å². The molecule has 4 heteroatoms. The summed E-state index contributed by atoms with van der Waals surface area (Å²) in [6, 6.07) is 0. The minimum Gasteiger partial charge on any atom is -0.383 e. The highest BCUT2D eigenvalue weighted by Gasteiger charge is 2.05. The quantitative estimate of drug-likeness (QED) is 0.551. The largest absolute Gasteiger partial charge is 0.383 e. The summed E-state index contributed by atoms with van der Waals surface area (Å²) in [5, 5.41) is 0. The summed E-state index contributed by atoms with van der Waals surface area (Å²) in [4.78, 5) is 10.7. The smallest absolute Gasteiger partial charge is 0.136 e. The molecule has 0 unspecified atom stereocenters. The zero-order valence-electron chi connectivity index (χ0n) is 5.20. The van der Waals surface area contributed by atoms with E-state index in [0.717, 1.165) is 11.3 Å². The first-order valence-electron chi connectivity index (χ1n) is 2.90. The van der Waals surface area contributed by atoms with Crippen LogP contribution in [0.3, 0.4) is 0 Å². The van der Waals surface area contributed by atoms with Gasteiger partial charge in [-0.05, 0) is 0 Å². The molecular formula is C6H6N4. The Morgan fingerprint density at radius 3 is 3.10 bits per heavy atom. The van der Waals surface area contributed by atoms with Crippen LogP contribution >= 0.6 is 0 Å². The van der Waals surface area contributed by atoms with Crippen molar-refractivity contribution in [3.63, 3.8) is 0 Å². The van der Waals surface area contributed by atoms with E-state index in [1.165, 1.54) is 0 Å². The summed E-state index contributed by atoms with van der Waals surface area (Å²) >= 11 is 0. The van der Waals surface area contributed by atoms with Crippen molar-refractivity contribution >= 4 is 5.82 Å². The number of aromatic nitrogens is 3. The van der Waals surface area contributed by atoms with Gasteiger partial charge in [0.1, 0.15) is 5.82 Å². The van der Waals surface area contributed by atoms with E-state index in [0.29, 0.717) is 5.82 Å². The molecule has 0 amide bonds. The average Bonchev–Trinajstić information content (AvgIpc) is 2.36. The standard InChI is InChI=1S/C6H6N4/c7-6-4-1-8-2-5(4)9-3-10-6/h1-3H,7H2,(H,9,10). The molecule has 0 fully saturated rings. The molecule has 50 valence electrons. The molecule has 10 heavy (non-hydrogen) atoms. The maximum absolute atomic E-state index is 5.53. The number of nitrogen functional groups attached to an aromatic ring is 1. The Morgan fingerprint density at radius 1 is 1.40 bits per heavy atom. The highest BCUT2D eigenvalue weighted by molar-refractivity contribution is 5.70. The molecule has 0 radical (unpaired) electrons. The lowest BCUT2D eigenvalue weighted by molar-refractivity contribution is 1.18. The maximum atomic E-state index is 5.53. The minimum absolute atomic E-state index is 0.520. The van der Waals surface area contributed by atoms with Crippen LogP contribution in [0, 0.1) is 0 Å². The van der Waals surface area contributed by atoms with E-state index >= 15 is 0 Å². The predicted octanol–water partition coefficient (Wildman–Crippen LogP) is 0.492. The number of hydrogen-bond acceptors (Lipinski definition) is 3. The number of nitrogens with two attached hydrogens (primary N) is 1. The van der Waals surface area contributed by atoms with E-state index < -0.39 is 0 Å². The third-order valence-corrected chi connectivity index (χ3v) is 1.40. The van der Waals surface area contributed by atoms with Crippen molar-refractivity contribution in [2.75, 3.05) is 5.73 Å². The van der Waals surface area contributed by atoms with E-state index in [-0.39, 0.29) is 0 Å². The van der Waals surface area contributed by atoms with Crippen LogP contribution in [-0.4, -0.2) is 15.0 Å². The number of nitrogens with one attached hydrogen (secondary N) is 1. The SMILES string of the molecule is Nc1nc[nH]c2cncc1-2. The summed E-state index contributed by atoms with van der Waals surface area (Å²) in [6.07, 6.45) is 4.96. The number of hydrogen-bond donors (Lipinski definition) is 2. The molecule has 3 N–H and O–H groups in total. The fraction of sp³-hybridized carbons (Fsp3) is 0. The van der Waals surface area contributed by atoms with Crippen molar-refractivity contribution in [1.82, 2.24) is 15.0 Å². The summed E-state index contributed by atoms with van der Waals surface area (Å²) < 4.78 is 0. The zero-order chi connectivity index (χ0) is 6.97. The highest BCUT2D eigenvalue weighted by atomic mass is 14.9. The van der Waals surface area contributed by atoms with Crippen molar-refractivity contribution < 1.29 is 0 Å². The molecule has 0 aromatic carbocycles. The Kier molecular flexibility index (Phi) is 0.887. The Bertz CT molecular complexity index is 314. The molecule has 2 aliphatic rings. The van der Waals surface area contributed by atoms with Crippen LogP contribution in [-0.2, 0) is 0 Å². The number of nitrogens with zero attached hydrogens (tertiary/aromatic N) is 2. The van der Waals surface area contributed by atoms with Crippen molar-refractivity contribution in [3.05, 3.63) is 18.7 Å². The topological polar surface area (TPSA) is 67.6 Å². The fourth-order valence-corrected chi connectivity index (χ4v) is 0.885. The lowest BCUT2D eigenvalue weighted by Crippen LogP contribution is -1.94. The Morgan fingerprint density at radius 2 is 2.30 bits per heavy atom. The Balaban J connectivity index is 2.80. The Labute approximate surface area is 57.5 Å². The molecule has 0 spiro atoms. The van der Waals surface area contributed by atoms with Gasteiger partial charge in [0.05, 0.1) is 23.8 Å². The number of anilines is 1. The number of aromatic amines is 1. The molecule has 4 nitrogen and oxygen atoms in total. The van der Waals surface area contributed by atoms with Crippen LogP contribution in [0.15, 0.2) is 18.7 Å². The third-order valence-electron chi connectivity index (χ3n) is 1.40. The fourth-order valence-electron chi connectivity index (χ4n) is 0.885. The number of fused-ring (bicyclic) bond motifs is 1. The molecule has 2 heterocycles. The predicted molar refractivity (Wildman–Crippen MR) is 37.4 cm³/mol. The Hall–Kier alpha value is -1.58. The van der Waals surface area contributed by atoms with E-state index in [4.69, 9.17) is 5.73 Å². The summed E-state index contributed by atoms with van der Waals surface area (Å²) in [7, 11) is 0. The van der Waals surface area contributed by atoms with E-state index in [1.54, 1.807) is 18.7 Å². The second kappa shape index (κ2) is 1.70. The van der Waals surface area contributed by atoms with Crippen LogP contribution < -0.4 is 5.73 Å². The molecule has 0 bridgehead atoms. The van der Waals surface area contributed by atoms with Gasteiger partial charge in [0.15, 0.2) is 0 Å². The first-order valence-corrected chi connectivity index (χ1v) is 2.90. The van der Waals surface area contributed by atoms with E-state index in [9.17, 15) is 0 Å². The molecule has 2 aliphatic heterocycles. The van der Waals surface area contributed by atoms with Gasteiger partial charge in [-0.3, -0.25) is 4.98 Å². The van der Waals surface area contributed by atoms with Gasteiger partial charge in [-0.2, -0.15) is 0 Å². The summed E-state index contributed by atoms with van der Waals surface area (Å²) in [5.74, 6) is 0.520. The summed E-state index contributed by atoms with van der Waals surface area (Å²) in [6.45, 7) is 0. The van der Waals surface area contributed by atoms with Gasteiger partial charge in [-0.1, -0.05) is 0 Å². The first-order chi connectivity index (χ1) is 4.88. The number of rotatable bonds is 0.